The molecule has 2 aromatic carbocycles. The van der Waals surface area contributed by atoms with Crippen LogP contribution in [0.1, 0.15) is 34.5 Å². The third-order valence-corrected chi connectivity index (χ3v) is 3.28. The quantitative estimate of drug-likeness (QED) is 0.890. The highest BCUT2D eigenvalue weighted by Gasteiger charge is 2.12. The van der Waals surface area contributed by atoms with E-state index < -0.39 is 11.8 Å². The number of hydrogen-bond acceptors (Lipinski definition) is 2. The van der Waals surface area contributed by atoms with Gasteiger partial charge < -0.3 is 10.4 Å². The van der Waals surface area contributed by atoms with Crippen molar-refractivity contribution < 1.29 is 18.7 Å². The van der Waals surface area contributed by atoms with Crippen molar-refractivity contribution in [1.82, 2.24) is 0 Å². The first-order chi connectivity index (χ1) is 9.88. The van der Waals surface area contributed by atoms with Crippen LogP contribution >= 0.6 is 0 Å². The summed E-state index contributed by atoms with van der Waals surface area (Å²) >= 11 is 0. The molecule has 1 atom stereocenters. The summed E-state index contributed by atoms with van der Waals surface area (Å²) in [5.74, 6) is -2.02. The van der Waals surface area contributed by atoms with Crippen molar-refractivity contribution in [2.24, 2.45) is 0 Å². The Labute approximate surface area is 121 Å². The van der Waals surface area contributed by atoms with Gasteiger partial charge in [0, 0.05) is 6.04 Å². The minimum Gasteiger partial charge on any atom is -0.478 e. The van der Waals surface area contributed by atoms with Gasteiger partial charge in [-0.3, -0.25) is 0 Å². The summed E-state index contributed by atoms with van der Waals surface area (Å²) in [6, 6.07) is 7.92. The maximum atomic E-state index is 13.7. The van der Waals surface area contributed by atoms with Gasteiger partial charge in [-0.15, -0.1) is 0 Å². The van der Waals surface area contributed by atoms with Crippen LogP contribution < -0.4 is 5.32 Å². The first kappa shape index (κ1) is 15.0. The number of aryl methyl sites for hydroxylation is 1. The van der Waals surface area contributed by atoms with Crippen molar-refractivity contribution in [3.05, 3.63) is 64.7 Å². The molecule has 0 saturated heterocycles. The highest BCUT2D eigenvalue weighted by Crippen LogP contribution is 2.24. The molecule has 0 heterocycles. The zero-order chi connectivity index (χ0) is 15.6. The number of anilines is 1. The van der Waals surface area contributed by atoms with E-state index in [1.165, 1.54) is 18.2 Å². The third kappa shape index (κ3) is 3.37. The smallest absolute Gasteiger partial charge is 0.335 e. The zero-order valence-corrected chi connectivity index (χ0v) is 11.7. The van der Waals surface area contributed by atoms with E-state index in [9.17, 15) is 13.6 Å². The molecule has 5 heteroatoms. The van der Waals surface area contributed by atoms with Crippen molar-refractivity contribution in [3.63, 3.8) is 0 Å². The van der Waals surface area contributed by atoms with Crippen LogP contribution in [0.4, 0.5) is 14.5 Å². The highest BCUT2D eigenvalue weighted by atomic mass is 19.1. The van der Waals surface area contributed by atoms with Gasteiger partial charge in [0.05, 0.1) is 11.3 Å². The summed E-state index contributed by atoms with van der Waals surface area (Å²) in [7, 11) is 0. The number of halogens is 2. The van der Waals surface area contributed by atoms with Gasteiger partial charge >= 0.3 is 5.97 Å². The van der Waals surface area contributed by atoms with Gasteiger partial charge in [-0.05, 0) is 49.2 Å². The number of rotatable bonds is 4. The summed E-state index contributed by atoms with van der Waals surface area (Å²) < 4.78 is 27.3. The summed E-state index contributed by atoms with van der Waals surface area (Å²) in [5.41, 5.74) is 1.24. The molecule has 0 radical (unpaired) electrons. The Hall–Kier alpha value is -2.43. The molecule has 2 aromatic rings. The molecule has 1 unspecified atom stereocenters. The summed E-state index contributed by atoms with van der Waals surface area (Å²) in [5, 5.41) is 11.8. The minimum atomic E-state index is -1.13. The van der Waals surface area contributed by atoms with Crippen molar-refractivity contribution in [2.45, 2.75) is 19.9 Å². The summed E-state index contributed by atoms with van der Waals surface area (Å²) in [4.78, 5) is 10.9. The molecule has 0 amide bonds. The lowest BCUT2D eigenvalue weighted by atomic mass is 10.1. The Morgan fingerprint density at radius 3 is 2.48 bits per heavy atom. The molecular formula is C16H15F2NO2. The van der Waals surface area contributed by atoms with E-state index in [0.717, 1.165) is 6.07 Å². The van der Waals surface area contributed by atoms with Gasteiger partial charge in [-0.2, -0.15) is 0 Å². The molecule has 0 aromatic heterocycles. The largest absolute Gasteiger partial charge is 0.478 e. The van der Waals surface area contributed by atoms with Crippen LogP contribution in [0.15, 0.2) is 36.4 Å². The first-order valence-corrected chi connectivity index (χ1v) is 6.44. The van der Waals surface area contributed by atoms with Gasteiger partial charge in [-0.25, -0.2) is 13.6 Å². The second kappa shape index (κ2) is 5.91. The lowest BCUT2D eigenvalue weighted by molar-refractivity contribution is 0.0697. The fraction of sp³-hybridized carbons (Fsp3) is 0.188. The summed E-state index contributed by atoms with van der Waals surface area (Å²) in [6.07, 6.45) is 0. The van der Waals surface area contributed by atoms with Crippen molar-refractivity contribution in [1.29, 1.82) is 0 Å². The number of carbonyl (C=O) groups is 1. The Morgan fingerprint density at radius 1 is 1.14 bits per heavy atom. The first-order valence-electron chi connectivity index (χ1n) is 6.44. The second-order valence-electron chi connectivity index (χ2n) is 4.87. The van der Waals surface area contributed by atoms with Crippen LogP contribution in [0.25, 0.3) is 0 Å². The Balaban J connectivity index is 2.26. The molecule has 0 spiro atoms. The number of carboxylic acid groups (broad SMARTS) is 1. The maximum absolute atomic E-state index is 13.7. The highest BCUT2D eigenvalue weighted by molar-refractivity contribution is 5.88. The molecule has 2 rings (SSSR count). The molecule has 2 N–H and O–H groups in total. The third-order valence-electron chi connectivity index (χ3n) is 3.28. The molecule has 21 heavy (non-hydrogen) atoms. The van der Waals surface area contributed by atoms with E-state index in [0.29, 0.717) is 11.1 Å². The van der Waals surface area contributed by atoms with E-state index in [1.807, 2.05) is 0 Å². The fourth-order valence-electron chi connectivity index (χ4n) is 1.96. The Bertz CT molecular complexity index is 686. The van der Waals surface area contributed by atoms with Gasteiger partial charge in [0.15, 0.2) is 0 Å². The van der Waals surface area contributed by atoms with Crippen LogP contribution in [-0.2, 0) is 0 Å². The SMILES string of the molecule is Cc1ccc(C(C)Nc2cc(C(=O)O)ccc2F)cc1F. The number of carboxylic acids is 1. The number of aromatic carboxylic acids is 1. The number of benzene rings is 2. The predicted octanol–water partition coefficient (Wildman–Crippen LogP) is 4.14. The van der Waals surface area contributed by atoms with Crippen LogP contribution in [-0.4, -0.2) is 11.1 Å². The topological polar surface area (TPSA) is 49.3 Å². The van der Waals surface area contributed by atoms with Crippen LogP contribution in [0.5, 0.6) is 0 Å². The molecule has 0 fully saturated rings. The van der Waals surface area contributed by atoms with E-state index >= 15 is 0 Å². The average molecular weight is 291 g/mol. The number of hydrogen-bond donors (Lipinski definition) is 2. The Kier molecular flexibility index (Phi) is 4.21. The molecule has 0 saturated carbocycles. The zero-order valence-electron chi connectivity index (χ0n) is 11.7. The molecule has 0 aliphatic rings. The summed E-state index contributed by atoms with van der Waals surface area (Å²) in [6.45, 7) is 3.41. The van der Waals surface area contributed by atoms with E-state index in [-0.39, 0.29) is 23.1 Å². The van der Waals surface area contributed by atoms with E-state index in [4.69, 9.17) is 5.11 Å². The van der Waals surface area contributed by atoms with Gasteiger partial charge in [0.25, 0.3) is 0 Å². The standard InChI is InChI=1S/C16H15F2NO2/c1-9-3-4-11(7-14(9)18)10(2)19-15-8-12(16(20)21)5-6-13(15)17/h3-8,10,19H,1-2H3,(H,20,21). The van der Waals surface area contributed by atoms with Crippen LogP contribution in [0.2, 0.25) is 0 Å². The molecular weight excluding hydrogens is 276 g/mol. The van der Waals surface area contributed by atoms with Crippen LogP contribution in [0.3, 0.4) is 0 Å². The van der Waals surface area contributed by atoms with E-state index in [2.05, 4.69) is 5.32 Å². The van der Waals surface area contributed by atoms with Crippen molar-refractivity contribution >= 4 is 11.7 Å². The Morgan fingerprint density at radius 2 is 1.86 bits per heavy atom. The molecule has 3 nitrogen and oxygen atoms in total. The maximum Gasteiger partial charge on any atom is 0.335 e. The molecule has 0 aliphatic carbocycles. The van der Waals surface area contributed by atoms with Gasteiger partial charge in [0.2, 0.25) is 0 Å². The predicted molar refractivity (Wildman–Crippen MR) is 76.5 cm³/mol. The minimum absolute atomic E-state index is 0.0128. The van der Waals surface area contributed by atoms with Crippen molar-refractivity contribution in [3.8, 4) is 0 Å². The number of nitrogens with one attached hydrogen (secondary N) is 1. The normalized spacial score (nSPS) is 12.0. The lowest BCUT2D eigenvalue weighted by Crippen LogP contribution is -2.09. The molecule has 110 valence electrons. The average Bonchev–Trinajstić information content (AvgIpc) is 2.43. The van der Waals surface area contributed by atoms with Crippen molar-refractivity contribution in [2.75, 3.05) is 5.32 Å². The fourth-order valence-corrected chi connectivity index (χ4v) is 1.96. The van der Waals surface area contributed by atoms with Gasteiger partial charge in [0.1, 0.15) is 11.6 Å². The van der Waals surface area contributed by atoms with Gasteiger partial charge in [-0.1, -0.05) is 12.1 Å². The second-order valence-corrected chi connectivity index (χ2v) is 4.87. The molecule has 0 aliphatic heterocycles. The lowest BCUT2D eigenvalue weighted by Gasteiger charge is -2.17. The monoisotopic (exact) mass is 291 g/mol. The molecule has 0 bridgehead atoms. The van der Waals surface area contributed by atoms with Crippen LogP contribution in [0, 0.1) is 18.6 Å². The van der Waals surface area contributed by atoms with E-state index in [1.54, 1.807) is 26.0 Å².